The molecule has 6 nitrogen and oxygen atoms in total. The molecule has 26 heavy (non-hydrogen) atoms. The summed E-state index contributed by atoms with van der Waals surface area (Å²) < 4.78 is 19.5. The van der Waals surface area contributed by atoms with Crippen molar-refractivity contribution in [1.82, 2.24) is 8.80 Å². The second kappa shape index (κ2) is 5.05. The summed E-state index contributed by atoms with van der Waals surface area (Å²) in [7, 11) is 4.82. The van der Waals surface area contributed by atoms with Crippen LogP contribution in [0.1, 0.15) is 0 Å². The van der Waals surface area contributed by atoms with Crippen molar-refractivity contribution in [2.45, 2.75) is 0 Å². The molecule has 0 N–H and O–H groups in total. The lowest BCUT2D eigenvalue weighted by atomic mass is 10.2. The molecule has 0 unspecified atom stereocenters. The number of benzene rings is 2. The van der Waals surface area contributed by atoms with Crippen LogP contribution in [0.2, 0.25) is 0 Å². The first kappa shape index (κ1) is 14.9. The number of imidazole rings is 1. The fraction of sp³-hybridized carbons (Fsp3) is 0.150. The quantitative estimate of drug-likeness (QED) is 0.502. The van der Waals surface area contributed by atoms with Crippen LogP contribution in [0.15, 0.2) is 47.3 Å². The first-order valence-electron chi connectivity index (χ1n) is 8.18. The highest BCUT2D eigenvalue weighted by atomic mass is 16.5. The van der Waals surface area contributed by atoms with E-state index in [0.29, 0.717) is 11.5 Å². The number of hydrogen-bond acceptors (Lipinski definition) is 4. The van der Waals surface area contributed by atoms with Gasteiger partial charge in [0.1, 0.15) is 5.75 Å². The monoisotopic (exact) mass is 348 g/mol. The highest BCUT2D eigenvalue weighted by molar-refractivity contribution is 6.00. The van der Waals surface area contributed by atoms with Gasteiger partial charge in [0.2, 0.25) is 0 Å². The number of hydrogen-bond donors (Lipinski definition) is 0. The molecule has 0 aliphatic heterocycles. The van der Waals surface area contributed by atoms with Gasteiger partial charge in [-0.1, -0.05) is 0 Å². The predicted molar refractivity (Wildman–Crippen MR) is 100 cm³/mol. The number of methoxy groups -OCH3 is 3. The Bertz CT molecular complexity index is 1360. The zero-order valence-electron chi connectivity index (χ0n) is 14.6. The molecule has 0 fully saturated rings. The first-order valence-corrected chi connectivity index (χ1v) is 8.18. The average molecular weight is 348 g/mol. The second-order valence-corrected chi connectivity index (χ2v) is 6.20. The van der Waals surface area contributed by atoms with E-state index in [1.54, 1.807) is 30.1 Å². The van der Waals surface area contributed by atoms with Crippen LogP contribution in [0.25, 0.3) is 32.8 Å². The molecule has 3 heterocycles. The normalized spacial score (nSPS) is 11.8. The Morgan fingerprint density at radius 1 is 0.654 bits per heavy atom. The topological polar surface area (TPSA) is 53.6 Å². The highest BCUT2D eigenvalue weighted by Crippen LogP contribution is 2.35. The largest absolute Gasteiger partial charge is 0.497 e. The summed E-state index contributed by atoms with van der Waals surface area (Å²) in [6.07, 6.45) is 0. The van der Waals surface area contributed by atoms with Gasteiger partial charge in [0, 0.05) is 16.8 Å². The summed E-state index contributed by atoms with van der Waals surface area (Å²) in [6.45, 7) is 0. The summed E-state index contributed by atoms with van der Waals surface area (Å²) in [6, 6.07) is 13.5. The maximum Gasteiger partial charge on any atom is 0.338 e. The van der Waals surface area contributed by atoms with E-state index in [1.807, 2.05) is 42.5 Å². The van der Waals surface area contributed by atoms with Gasteiger partial charge in [0.05, 0.1) is 43.4 Å². The minimum absolute atomic E-state index is 0.0996. The maximum atomic E-state index is 13.2. The van der Waals surface area contributed by atoms with Crippen LogP contribution in [-0.2, 0) is 0 Å². The van der Waals surface area contributed by atoms with Crippen LogP contribution in [-0.4, -0.2) is 30.1 Å². The molecule has 0 saturated carbocycles. The molecule has 5 aromatic rings. The molecule has 0 atom stereocenters. The summed E-state index contributed by atoms with van der Waals surface area (Å²) in [5.41, 5.74) is 3.29. The summed E-state index contributed by atoms with van der Waals surface area (Å²) in [4.78, 5) is 13.2. The molecule has 130 valence electrons. The van der Waals surface area contributed by atoms with E-state index >= 15 is 0 Å². The van der Waals surface area contributed by atoms with Crippen LogP contribution in [0.4, 0.5) is 0 Å². The smallest absolute Gasteiger partial charge is 0.338 e. The van der Waals surface area contributed by atoms with Crippen molar-refractivity contribution in [1.29, 1.82) is 0 Å². The van der Waals surface area contributed by atoms with Crippen LogP contribution in [0.5, 0.6) is 17.2 Å². The van der Waals surface area contributed by atoms with Gasteiger partial charge in [-0.05, 0) is 36.4 Å². The van der Waals surface area contributed by atoms with Crippen molar-refractivity contribution in [3.63, 3.8) is 0 Å². The van der Waals surface area contributed by atoms with E-state index in [-0.39, 0.29) is 5.69 Å². The Morgan fingerprint density at radius 2 is 1.27 bits per heavy atom. The number of rotatable bonds is 3. The molecule has 2 aromatic carbocycles. The Balaban J connectivity index is 1.94. The van der Waals surface area contributed by atoms with Crippen LogP contribution >= 0.6 is 0 Å². The van der Waals surface area contributed by atoms with Crippen molar-refractivity contribution < 1.29 is 14.2 Å². The molecule has 3 aromatic heterocycles. The van der Waals surface area contributed by atoms with Gasteiger partial charge in [-0.2, -0.15) is 0 Å². The lowest BCUT2D eigenvalue weighted by Crippen LogP contribution is -2.13. The third-order valence-electron chi connectivity index (χ3n) is 4.96. The molecule has 5 rings (SSSR count). The van der Waals surface area contributed by atoms with Gasteiger partial charge in [0.15, 0.2) is 11.5 Å². The Kier molecular flexibility index (Phi) is 2.89. The molecule has 0 saturated heterocycles. The van der Waals surface area contributed by atoms with E-state index in [4.69, 9.17) is 14.2 Å². The van der Waals surface area contributed by atoms with Gasteiger partial charge >= 0.3 is 5.69 Å². The Labute approximate surface area is 148 Å². The minimum atomic E-state index is -0.0996. The second-order valence-electron chi connectivity index (χ2n) is 6.20. The fourth-order valence-corrected chi connectivity index (χ4v) is 3.74. The standard InChI is InChI=1S/C20H16N2O4/c1-24-13-4-5-14-11(6-13)7-16-17-8-12-9-18(25-2)19(26-3)10-15(12)22(17)20(23)21(14)16/h4-10H,1-3H3. The molecule has 0 spiro atoms. The molecule has 0 amide bonds. The number of aromatic nitrogens is 2. The molecule has 0 aliphatic rings. The molecular weight excluding hydrogens is 332 g/mol. The number of ether oxygens (including phenoxy) is 3. The summed E-state index contributed by atoms with van der Waals surface area (Å²) in [5, 5.41) is 1.90. The average Bonchev–Trinajstić information content (AvgIpc) is 3.29. The van der Waals surface area contributed by atoms with Crippen LogP contribution < -0.4 is 19.9 Å². The van der Waals surface area contributed by atoms with Crippen LogP contribution in [0.3, 0.4) is 0 Å². The fourth-order valence-electron chi connectivity index (χ4n) is 3.74. The predicted octanol–water partition coefficient (Wildman–Crippen LogP) is 3.32. The summed E-state index contributed by atoms with van der Waals surface area (Å²) in [5.74, 6) is 2.01. The van der Waals surface area contributed by atoms with Crippen LogP contribution in [0, 0.1) is 0 Å². The SMILES string of the molecule is COc1ccc2c(c1)cc1c3cc4cc(OC)c(OC)cc4n3c(=O)n21. The number of fused-ring (bicyclic) bond motifs is 7. The van der Waals surface area contributed by atoms with Gasteiger partial charge in [-0.3, -0.25) is 8.80 Å². The Hall–Kier alpha value is -3.41. The van der Waals surface area contributed by atoms with E-state index in [1.165, 1.54) is 0 Å². The van der Waals surface area contributed by atoms with Gasteiger partial charge < -0.3 is 14.2 Å². The summed E-state index contributed by atoms with van der Waals surface area (Å²) >= 11 is 0. The van der Waals surface area contributed by atoms with E-state index in [2.05, 4.69) is 0 Å². The van der Waals surface area contributed by atoms with Crippen molar-refractivity contribution >= 4 is 32.8 Å². The maximum absolute atomic E-state index is 13.2. The van der Waals surface area contributed by atoms with E-state index < -0.39 is 0 Å². The molecular formula is C20H16N2O4. The lowest BCUT2D eigenvalue weighted by Gasteiger charge is -2.07. The van der Waals surface area contributed by atoms with E-state index in [9.17, 15) is 4.79 Å². The lowest BCUT2D eigenvalue weighted by molar-refractivity contribution is 0.356. The van der Waals surface area contributed by atoms with Crippen molar-refractivity contribution in [3.05, 3.63) is 52.9 Å². The number of nitrogens with zero attached hydrogens (tertiary/aromatic N) is 2. The first-order chi connectivity index (χ1) is 12.7. The van der Waals surface area contributed by atoms with Gasteiger partial charge in [-0.25, -0.2) is 4.79 Å². The molecule has 0 aliphatic carbocycles. The zero-order chi connectivity index (χ0) is 18.0. The minimum Gasteiger partial charge on any atom is -0.497 e. The molecule has 0 bridgehead atoms. The molecule has 6 heteroatoms. The van der Waals surface area contributed by atoms with Crippen molar-refractivity contribution in [2.24, 2.45) is 0 Å². The third kappa shape index (κ3) is 1.73. The molecule has 0 radical (unpaired) electrons. The third-order valence-corrected chi connectivity index (χ3v) is 4.96. The van der Waals surface area contributed by atoms with Crippen molar-refractivity contribution in [3.8, 4) is 17.2 Å². The van der Waals surface area contributed by atoms with Gasteiger partial charge in [0.25, 0.3) is 0 Å². The zero-order valence-corrected chi connectivity index (χ0v) is 14.6. The van der Waals surface area contributed by atoms with Crippen molar-refractivity contribution in [2.75, 3.05) is 21.3 Å². The Morgan fingerprint density at radius 3 is 1.92 bits per heavy atom. The van der Waals surface area contributed by atoms with E-state index in [0.717, 1.165) is 38.6 Å². The highest BCUT2D eigenvalue weighted by Gasteiger charge is 2.18. The van der Waals surface area contributed by atoms with Gasteiger partial charge in [-0.15, -0.1) is 0 Å².